The van der Waals surface area contributed by atoms with Gasteiger partial charge in [0, 0.05) is 44.4 Å². The Labute approximate surface area is 216 Å². The molecule has 9 heteroatoms. The minimum atomic E-state index is -0.913. The monoisotopic (exact) mass is 522 g/mol. The van der Waals surface area contributed by atoms with Crippen LogP contribution < -0.4 is 9.47 Å². The maximum absolute atomic E-state index is 12.1. The van der Waals surface area contributed by atoms with Crippen LogP contribution in [-0.4, -0.2) is 77.5 Å². The average molecular weight is 523 g/mol. The van der Waals surface area contributed by atoms with Gasteiger partial charge in [0.25, 0.3) is 0 Å². The average Bonchev–Trinajstić information content (AvgIpc) is 2.84. The summed E-state index contributed by atoms with van der Waals surface area (Å²) < 4.78 is 11.5. The molecule has 0 saturated carbocycles. The number of β-amino-alcohol motifs (C(OH)–C–C–N with tert-alkyl or cyclic N) is 1. The van der Waals surface area contributed by atoms with Crippen LogP contribution >= 0.6 is 23.2 Å². The first kappa shape index (κ1) is 26.0. The number of likely N-dealkylation sites (tertiary alicyclic amines) is 2. The molecule has 2 fully saturated rings. The number of aliphatic carboxylic acids is 1. The van der Waals surface area contributed by atoms with Gasteiger partial charge in [-0.25, -0.2) is 0 Å². The smallest absolute Gasteiger partial charge is 0.325 e. The van der Waals surface area contributed by atoms with Crippen molar-refractivity contribution >= 4 is 29.2 Å². The summed E-state index contributed by atoms with van der Waals surface area (Å²) in [5, 5.41) is 22.2. The van der Waals surface area contributed by atoms with Crippen molar-refractivity contribution in [2.75, 3.05) is 39.8 Å². The van der Waals surface area contributed by atoms with Crippen LogP contribution in [0.1, 0.15) is 37.3 Å². The van der Waals surface area contributed by atoms with Crippen LogP contribution in [0.2, 0.25) is 10.0 Å². The van der Waals surface area contributed by atoms with Crippen LogP contribution in [0.25, 0.3) is 0 Å². The van der Waals surface area contributed by atoms with Crippen LogP contribution in [-0.2, 0) is 4.79 Å². The maximum atomic E-state index is 12.1. The summed E-state index contributed by atoms with van der Waals surface area (Å²) in [7, 11) is 1.55. The zero-order valence-corrected chi connectivity index (χ0v) is 21.3. The lowest BCUT2D eigenvalue weighted by atomic mass is 9.88. The van der Waals surface area contributed by atoms with Crippen molar-refractivity contribution in [1.29, 1.82) is 0 Å². The van der Waals surface area contributed by atoms with Crippen LogP contribution in [0.15, 0.2) is 42.5 Å². The van der Waals surface area contributed by atoms with Crippen LogP contribution in [0.4, 0.5) is 0 Å². The number of piperidine rings is 2. The van der Waals surface area contributed by atoms with Crippen molar-refractivity contribution in [1.82, 2.24) is 9.80 Å². The number of carboxylic acid groups (broad SMARTS) is 1. The van der Waals surface area contributed by atoms with E-state index in [1.807, 2.05) is 23.1 Å². The van der Waals surface area contributed by atoms with Gasteiger partial charge in [-0.2, -0.15) is 0 Å². The van der Waals surface area contributed by atoms with E-state index >= 15 is 0 Å². The molecule has 2 aromatic carbocycles. The number of para-hydroxylation sites is 1. The van der Waals surface area contributed by atoms with Gasteiger partial charge in [0.1, 0.15) is 23.6 Å². The number of ether oxygens (including phenoxy) is 2. The number of carbonyl (C=O) groups is 1. The second-order valence-corrected chi connectivity index (χ2v) is 10.2. The summed E-state index contributed by atoms with van der Waals surface area (Å²) in [6.07, 6.45) is 2.85. The van der Waals surface area contributed by atoms with E-state index in [9.17, 15) is 15.0 Å². The predicted molar refractivity (Wildman–Crippen MR) is 136 cm³/mol. The highest BCUT2D eigenvalue weighted by molar-refractivity contribution is 6.42. The SMILES string of the molecule is COc1ccccc1C(C(=O)O)N1CCC(O)(CN2CCC(Oc3ccc(Cl)c(Cl)c3)CC2)CC1. The van der Waals surface area contributed by atoms with E-state index in [-0.39, 0.29) is 6.10 Å². The second-order valence-electron chi connectivity index (χ2n) is 9.41. The van der Waals surface area contributed by atoms with Crippen molar-refractivity contribution in [2.45, 2.75) is 43.4 Å². The van der Waals surface area contributed by atoms with E-state index in [2.05, 4.69) is 4.90 Å². The highest BCUT2D eigenvalue weighted by Crippen LogP contribution is 2.34. The third-order valence-electron chi connectivity index (χ3n) is 7.01. The Morgan fingerprint density at radius 1 is 1.09 bits per heavy atom. The minimum absolute atomic E-state index is 0.0946. The molecule has 0 aliphatic carbocycles. The van der Waals surface area contributed by atoms with E-state index in [0.717, 1.165) is 25.9 Å². The molecule has 0 aromatic heterocycles. The van der Waals surface area contributed by atoms with Crippen molar-refractivity contribution in [3.8, 4) is 11.5 Å². The van der Waals surface area contributed by atoms with Gasteiger partial charge in [-0.3, -0.25) is 9.69 Å². The number of carboxylic acids is 1. The van der Waals surface area contributed by atoms with Gasteiger partial charge in [-0.1, -0.05) is 41.4 Å². The molecule has 0 radical (unpaired) electrons. The molecular weight excluding hydrogens is 491 g/mol. The molecule has 35 heavy (non-hydrogen) atoms. The number of hydrogen-bond donors (Lipinski definition) is 2. The molecule has 2 saturated heterocycles. The molecule has 4 rings (SSSR count). The lowest BCUT2D eigenvalue weighted by molar-refractivity contribution is -0.146. The zero-order valence-electron chi connectivity index (χ0n) is 19.8. The Balaban J connectivity index is 1.29. The van der Waals surface area contributed by atoms with E-state index in [1.165, 1.54) is 0 Å². The van der Waals surface area contributed by atoms with Crippen LogP contribution in [0.3, 0.4) is 0 Å². The van der Waals surface area contributed by atoms with Crippen molar-refractivity contribution < 1.29 is 24.5 Å². The van der Waals surface area contributed by atoms with Crippen molar-refractivity contribution in [2.24, 2.45) is 0 Å². The number of benzene rings is 2. The summed E-state index contributed by atoms with van der Waals surface area (Å²) >= 11 is 12.1. The Bertz CT molecular complexity index is 1020. The third-order valence-corrected chi connectivity index (χ3v) is 7.75. The van der Waals surface area contributed by atoms with Crippen LogP contribution in [0.5, 0.6) is 11.5 Å². The number of nitrogens with zero attached hydrogens (tertiary/aromatic N) is 2. The molecule has 1 atom stereocenters. The molecule has 2 aromatic rings. The molecule has 2 N–H and O–H groups in total. The first-order valence-electron chi connectivity index (χ1n) is 11.9. The fourth-order valence-corrected chi connectivity index (χ4v) is 5.37. The third kappa shape index (κ3) is 6.40. The van der Waals surface area contributed by atoms with Crippen molar-refractivity contribution in [3.63, 3.8) is 0 Å². The molecule has 7 nitrogen and oxygen atoms in total. The number of methoxy groups -OCH3 is 1. The Morgan fingerprint density at radius 3 is 2.40 bits per heavy atom. The predicted octanol–water partition coefficient (Wildman–Crippen LogP) is 4.50. The fraction of sp³-hybridized carbons (Fsp3) is 0.500. The van der Waals surface area contributed by atoms with E-state index in [4.69, 9.17) is 32.7 Å². The molecule has 190 valence electrons. The molecule has 2 heterocycles. The lowest BCUT2D eigenvalue weighted by Gasteiger charge is -2.44. The summed E-state index contributed by atoms with van der Waals surface area (Å²) in [6, 6.07) is 11.7. The minimum Gasteiger partial charge on any atom is -0.496 e. The standard InChI is InChI=1S/C26H32Cl2N2O5/c1-34-23-5-3-2-4-20(23)24(25(31)32)30-14-10-26(33,11-15-30)17-29-12-8-18(9-13-29)35-19-6-7-21(27)22(28)16-19/h2-7,16,18,24,33H,8-15,17H2,1H3,(H,31,32). The molecule has 2 aliphatic rings. The quantitative estimate of drug-likeness (QED) is 0.528. The Morgan fingerprint density at radius 2 is 1.77 bits per heavy atom. The highest BCUT2D eigenvalue weighted by Gasteiger charge is 2.39. The fourth-order valence-electron chi connectivity index (χ4n) is 5.08. The van der Waals surface area contributed by atoms with Gasteiger partial charge in [0.2, 0.25) is 0 Å². The van der Waals surface area contributed by atoms with E-state index in [1.54, 1.807) is 31.4 Å². The molecular formula is C26H32Cl2N2O5. The number of rotatable bonds is 8. The summed E-state index contributed by atoms with van der Waals surface area (Å²) in [4.78, 5) is 16.3. The number of aliphatic hydroxyl groups is 1. The number of halogens is 2. The number of hydrogen-bond acceptors (Lipinski definition) is 6. The van der Waals surface area contributed by atoms with Gasteiger partial charge in [0.05, 0.1) is 22.8 Å². The summed E-state index contributed by atoms with van der Waals surface area (Å²) in [5.41, 5.74) is -0.199. The Hall–Kier alpha value is -2.03. The van der Waals surface area contributed by atoms with Gasteiger partial charge in [-0.15, -0.1) is 0 Å². The van der Waals surface area contributed by atoms with Crippen LogP contribution in [0, 0.1) is 0 Å². The highest BCUT2D eigenvalue weighted by atomic mass is 35.5. The molecule has 1 unspecified atom stereocenters. The first-order chi connectivity index (χ1) is 16.8. The summed E-state index contributed by atoms with van der Waals surface area (Å²) in [5.74, 6) is 0.363. The van der Waals surface area contributed by atoms with E-state index in [0.29, 0.717) is 59.6 Å². The Kier molecular flexibility index (Phi) is 8.45. The second kappa shape index (κ2) is 11.4. The van der Waals surface area contributed by atoms with Crippen molar-refractivity contribution in [3.05, 3.63) is 58.1 Å². The largest absolute Gasteiger partial charge is 0.496 e. The zero-order chi connectivity index (χ0) is 25.0. The van der Waals surface area contributed by atoms with Gasteiger partial charge in [0.15, 0.2) is 0 Å². The van der Waals surface area contributed by atoms with E-state index < -0.39 is 17.6 Å². The van der Waals surface area contributed by atoms with Gasteiger partial charge < -0.3 is 24.6 Å². The molecule has 0 bridgehead atoms. The van der Waals surface area contributed by atoms with Gasteiger partial charge in [-0.05, 0) is 43.9 Å². The molecule has 0 amide bonds. The molecule has 2 aliphatic heterocycles. The summed E-state index contributed by atoms with van der Waals surface area (Å²) in [6.45, 7) is 3.24. The maximum Gasteiger partial charge on any atom is 0.325 e. The molecule has 0 spiro atoms. The normalized spacial score (nSPS) is 20.3. The lowest BCUT2D eigenvalue weighted by Crippen LogP contribution is -2.53. The first-order valence-corrected chi connectivity index (χ1v) is 12.7. The van der Waals surface area contributed by atoms with Gasteiger partial charge >= 0.3 is 5.97 Å². The topological polar surface area (TPSA) is 82.5 Å².